The smallest absolute Gasteiger partial charge is 0.292 e. The first kappa shape index (κ1) is 13.7. The van der Waals surface area contributed by atoms with Gasteiger partial charge in [0.05, 0.1) is 11.5 Å². The third kappa shape index (κ3) is 3.40. The van der Waals surface area contributed by atoms with Crippen molar-refractivity contribution in [3.8, 4) is 0 Å². The molecule has 1 aromatic rings. The number of nitrogens with one attached hydrogen (secondary N) is 2. The quantitative estimate of drug-likeness (QED) is 0.642. The van der Waals surface area contributed by atoms with Gasteiger partial charge in [-0.05, 0) is 12.1 Å². The van der Waals surface area contributed by atoms with Crippen LogP contribution in [0.1, 0.15) is 0 Å². The van der Waals surface area contributed by atoms with Gasteiger partial charge in [-0.2, -0.15) is 0 Å². The first-order chi connectivity index (χ1) is 9.08. The van der Waals surface area contributed by atoms with Gasteiger partial charge in [0.15, 0.2) is 0 Å². The highest BCUT2D eigenvalue weighted by molar-refractivity contribution is 6.31. The lowest BCUT2D eigenvalue weighted by Crippen LogP contribution is -2.45. The number of nitro groups is 1. The van der Waals surface area contributed by atoms with Crippen molar-refractivity contribution in [2.45, 2.75) is 6.10 Å². The number of carbonyl (C=O) groups excluding carboxylic acids is 1. The van der Waals surface area contributed by atoms with Crippen LogP contribution in [0.5, 0.6) is 0 Å². The molecule has 2 N–H and O–H groups in total. The molecule has 1 saturated heterocycles. The molecule has 1 heterocycles. The van der Waals surface area contributed by atoms with E-state index in [9.17, 15) is 14.9 Å². The molecule has 1 amide bonds. The first-order valence-corrected chi connectivity index (χ1v) is 6.03. The van der Waals surface area contributed by atoms with E-state index in [0.29, 0.717) is 24.7 Å². The molecule has 1 aliphatic heterocycles. The molecule has 0 bridgehead atoms. The Morgan fingerprint density at radius 3 is 3.00 bits per heavy atom. The molecule has 0 aromatic heterocycles. The second kappa shape index (κ2) is 5.96. The van der Waals surface area contributed by atoms with E-state index in [1.165, 1.54) is 18.2 Å². The number of hydrogen-bond donors (Lipinski definition) is 2. The molecule has 0 spiro atoms. The lowest BCUT2D eigenvalue weighted by Gasteiger charge is -2.22. The van der Waals surface area contributed by atoms with E-state index < -0.39 is 16.9 Å². The van der Waals surface area contributed by atoms with E-state index in [1.807, 2.05) is 0 Å². The van der Waals surface area contributed by atoms with Crippen LogP contribution in [0.2, 0.25) is 5.02 Å². The molecule has 102 valence electrons. The Labute approximate surface area is 114 Å². The number of nitrogens with zero attached hydrogens (tertiary/aromatic N) is 1. The van der Waals surface area contributed by atoms with Crippen LogP contribution in [0.25, 0.3) is 0 Å². The summed E-state index contributed by atoms with van der Waals surface area (Å²) in [6.45, 7) is 1.48. The predicted octanol–water partition coefficient (Wildman–Crippen LogP) is 1.18. The van der Waals surface area contributed by atoms with Gasteiger partial charge in [-0.25, -0.2) is 0 Å². The molecule has 0 saturated carbocycles. The van der Waals surface area contributed by atoms with Gasteiger partial charge in [-0.15, -0.1) is 0 Å². The SMILES string of the molecule is O=C(Nc1cc(Cl)ccc1[N+](=O)[O-])C1CNCCO1. The highest BCUT2D eigenvalue weighted by Crippen LogP contribution is 2.27. The normalized spacial score (nSPS) is 18.9. The fraction of sp³-hybridized carbons (Fsp3) is 0.364. The lowest BCUT2D eigenvalue weighted by atomic mass is 10.2. The third-order valence-electron chi connectivity index (χ3n) is 2.63. The van der Waals surface area contributed by atoms with E-state index in [4.69, 9.17) is 16.3 Å². The molecule has 1 unspecified atom stereocenters. The number of carbonyl (C=O) groups is 1. The summed E-state index contributed by atoms with van der Waals surface area (Å²) >= 11 is 5.77. The summed E-state index contributed by atoms with van der Waals surface area (Å²) in [6, 6.07) is 3.99. The van der Waals surface area contributed by atoms with Crippen molar-refractivity contribution >= 4 is 28.9 Å². The minimum absolute atomic E-state index is 0.0664. The summed E-state index contributed by atoms with van der Waals surface area (Å²) < 4.78 is 5.27. The number of anilines is 1. The standard InChI is InChI=1S/C11H12ClN3O4/c12-7-1-2-9(15(17)18)8(5-7)14-11(16)10-6-13-3-4-19-10/h1-2,5,10,13H,3-4,6H2,(H,14,16). The minimum atomic E-state index is -0.660. The summed E-state index contributed by atoms with van der Waals surface area (Å²) in [5.41, 5.74) is -0.141. The summed E-state index contributed by atoms with van der Waals surface area (Å²) in [4.78, 5) is 22.2. The molecule has 7 nitrogen and oxygen atoms in total. The van der Waals surface area contributed by atoms with Gasteiger partial charge in [0.25, 0.3) is 11.6 Å². The van der Waals surface area contributed by atoms with Crippen molar-refractivity contribution in [2.24, 2.45) is 0 Å². The molecular formula is C11H12ClN3O4. The number of nitro benzene ring substituents is 1. The topological polar surface area (TPSA) is 93.5 Å². The van der Waals surface area contributed by atoms with Crippen LogP contribution < -0.4 is 10.6 Å². The molecular weight excluding hydrogens is 274 g/mol. The van der Waals surface area contributed by atoms with Crippen molar-refractivity contribution in [3.63, 3.8) is 0 Å². The maximum Gasteiger partial charge on any atom is 0.292 e. The maximum absolute atomic E-state index is 11.9. The Kier molecular flexibility index (Phi) is 4.31. The zero-order chi connectivity index (χ0) is 13.8. The largest absolute Gasteiger partial charge is 0.366 e. The molecule has 1 aromatic carbocycles. The monoisotopic (exact) mass is 285 g/mol. The fourth-order valence-electron chi connectivity index (χ4n) is 1.71. The van der Waals surface area contributed by atoms with E-state index in [2.05, 4.69) is 10.6 Å². The van der Waals surface area contributed by atoms with Crippen LogP contribution in [0.4, 0.5) is 11.4 Å². The van der Waals surface area contributed by atoms with Crippen LogP contribution in [-0.4, -0.2) is 36.6 Å². The molecule has 8 heteroatoms. The van der Waals surface area contributed by atoms with Crippen molar-refractivity contribution in [2.75, 3.05) is 25.0 Å². The summed E-state index contributed by atoms with van der Waals surface area (Å²) in [5.74, 6) is -0.433. The lowest BCUT2D eigenvalue weighted by molar-refractivity contribution is -0.383. The second-order valence-corrected chi connectivity index (χ2v) is 4.41. The van der Waals surface area contributed by atoms with E-state index in [1.54, 1.807) is 0 Å². The van der Waals surface area contributed by atoms with Crippen LogP contribution in [0.15, 0.2) is 18.2 Å². The summed E-state index contributed by atoms with van der Waals surface area (Å²) in [5, 5.41) is 16.6. The number of hydrogen-bond acceptors (Lipinski definition) is 5. The van der Waals surface area contributed by atoms with Gasteiger partial charge in [0.1, 0.15) is 11.8 Å². The van der Waals surface area contributed by atoms with Gasteiger partial charge in [-0.3, -0.25) is 14.9 Å². The zero-order valence-corrected chi connectivity index (χ0v) is 10.6. The molecule has 0 radical (unpaired) electrons. The first-order valence-electron chi connectivity index (χ1n) is 5.65. The summed E-state index contributed by atoms with van der Waals surface area (Å²) in [7, 11) is 0. The molecule has 1 fully saturated rings. The Bertz CT molecular complexity index is 503. The minimum Gasteiger partial charge on any atom is -0.366 e. The van der Waals surface area contributed by atoms with E-state index in [-0.39, 0.29) is 11.4 Å². The fourth-order valence-corrected chi connectivity index (χ4v) is 1.89. The van der Waals surface area contributed by atoms with Crippen molar-refractivity contribution in [1.82, 2.24) is 5.32 Å². The number of rotatable bonds is 3. The predicted molar refractivity (Wildman–Crippen MR) is 69.3 cm³/mol. The van der Waals surface area contributed by atoms with Gasteiger partial charge < -0.3 is 15.4 Å². The average Bonchev–Trinajstić information content (AvgIpc) is 2.39. The van der Waals surface area contributed by atoms with Crippen LogP contribution in [0.3, 0.4) is 0 Å². The Morgan fingerprint density at radius 2 is 2.37 bits per heavy atom. The van der Waals surface area contributed by atoms with Gasteiger partial charge >= 0.3 is 0 Å². The molecule has 2 rings (SSSR count). The Balaban J connectivity index is 2.15. The Morgan fingerprint density at radius 1 is 1.58 bits per heavy atom. The number of ether oxygens (including phenoxy) is 1. The van der Waals surface area contributed by atoms with E-state index >= 15 is 0 Å². The van der Waals surface area contributed by atoms with Gasteiger partial charge in [0, 0.05) is 24.2 Å². The highest BCUT2D eigenvalue weighted by atomic mass is 35.5. The molecule has 1 atom stereocenters. The van der Waals surface area contributed by atoms with Crippen LogP contribution in [-0.2, 0) is 9.53 Å². The molecule has 1 aliphatic rings. The second-order valence-electron chi connectivity index (χ2n) is 3.97. The third-order valence-corrected chi connectivity index (χ3v) is 2.87. The van der Waals surface area contributed by atoms with Crippen molar-refractivity contribution in [3.05, 3.63) is 33.3 Å². The zero-order valence-electron chi connectivity index (χ0n) is 9.89. The van der Waals surface area contributed by atoms with Gasteiger partial charge in [0.2, 0.25) is 0 Å². The van der Waals surface area contributed by atoms with Crippen LogP contribution >= 0.6 is 11.6 Å². The van der Waals surface area contributed by atoms with Crippen molar-refractivity contribution < 1.29 is 14.5 Å². The van der Waals surface area contributed by atoms with Crippen LogP contribution in [0, 0.1) is 10.1 Å². The van der Waals surface area contributed by atoms with Crippen molar-refractivity contribution in [1.29, 1.82) is 0 Å². The van der Waals surface area contributed by atoms with E-state index in [0.717, 1.165) is 0 Å². The molecule has 0 aliphatic carbocycles. The Hall–Kier alpha value is -1.70. The molecule has 19 heavy (non-hydrogen) atoms. The highest BCUT2D eigenvalue weighted by Gasteiger charge is 2.24. The number of halogens is 1. The number of benzene rings is 1. The average molecular weight is 286 g/mol. The maximum atomic E-state index is 11.9. The van der Waals surface area contributed by atoms with Gasteiger partial charge in [-0.1, -0.05) is 11.6 Å². The number of morpholine rings is 1. The summed E-state index contributed by atoms with van der Waals surface area (Å²) in [6.07, 6.45) is -0.660. The number of amides is 1.